The fraction of sp³-hybridized carbons (Fsp3) is 0.296. The van der Waals surface area contributed by atoms with E-state index >= 15 is 0 Å². The van der Waals surface area contributed by atoms with Crippen molar-refractivity contribution in [2.24, 2.45) is 0 Å². The predicted octanol–water partition coefficient (Wildman–Crippen LogP) is 4.50. The molecule has 0 saturated carbocycles. The van der Waals surface area contributed by atoms with Gasteiger partial charge in [-0.2, -0.15) is 0 Å². The third-order valence-electron chi connectivity index (χ3n) is 5.86. The maximum absolute atomic E-state index is 13.2. The number of aromatic nitrogens is 2. The molecule has 0 unspecified atom stereocenters. The molecule has 0 atom stereocenters. The van der Waals surface area contributed by atoms with Crippen LogP contribution in [-0.4, -0.2) is 47.2 Å². The highest BCUT2D eigenvalue weighted by Gasteiger charge is 2.24. The van der Waals surface area contributed by atoms with Crippen molar-refractivity contribution in [2.75, 3.05) is 25.1 Å². The van der Waals surface area contributed by atoms with Gasteiger partial charge in [-0.3, -0.25) is 14.2 Å². The number of thiophene rings is 2. The van der Waals surface area contributed by atoms with Gasteiger partial charge in [0.1, 0.15) is 40.2 Å². The number of ether oxygens (including phenoxy) is 3. The normalized spacial score (nSPS) is 10.9. The van der Waals surface area contributed by atoms with Crippen molar-refractivity contribution in [1.82, 2.24) is 9.55 Å². The van der Waals surface area contributed by atoms with Gasteiger partial charge in [-0.1, -0.05) is 18.2 Å². The minimum atomic E-state index is -0.578. The first-order chi connectivity index (χ1) is 18.7. The van der Waals surface area contributed by atoms with Crippen molar-refractivity contribution in [3.8, 4) is 5.75 Å². The molecular formula is C27H27N3O7S2. The molecule has 0 saturated heterocycles. The zero-order valence-corrected chi connectivity index (χ0v) is 23.5. The first-order valence-corrected chi connectivity index (χ1v) is 13.7. The quantitative estimate of drug-likeness (QED) is 0.219. The lowest BCUT2D eigenvalue weighted by Gasteiger charge is -2.08. The van der Waals surface area contributed by atoms with Crippen molar-refractivity contribution < 1.29 is 28.6 Å². The zero-order valence-electron chi connectivity index (χ0n) is 21.9. The Morgan fingerprint density at radius 1 is 0.974 bits per heavy atom. The summed E-state index contributed by atoms with van der Waals surface area (Å²) in [4.78, 5) is 56.9. The largest absolute Gasteiger partial charge is 0.490 e. The standard InChI is InChI=1S/C27H27N3O7S2/c1-5-35-26(33)21-15(2)17(4)38-24(21)29-19(31)13-30-14-28-23-20(25(30)32)16(3)22(39-23)27(34)37-12-11-36-18-9-7-6-8-10-18/h6-10,14H,5,11-13H2,1-4H3,(H,29,31). The van der Waals surface area contributed by atoms with Crippen LogP contribution >= 0.6 is 22.7 Å². The van der Waals surface area contributed by atoms with Crippen molar-refractivity contribution in [3.05, 3.63) is 73.5 Å². The van der Waals surface area contributed by atoms with E-state index in [1.807, 2.05) is 25.1 Å². The summed E-state index contributed by atoms with van der Waals surface area (Å²) in [5.74, 6) is -0.932. The molecule has 12 heteroatoms. The van der Waals surface area contributed by atoms with Crippen LogP contribution in [0.25, 0.3) is 10.2 Å². The molecule has 0 aliphatic carbocycles. The molecule has 1 aromatic carbocycles. The predicted molar refractivity (Wildman–Crippen MR) is 149 cm³/mol. The lowest BCUT2D eigenvalue weighted by molar-refractivity contribution is -0.116. The highest BCUT2D eigenvalue weighted by molar-refractivity contribution is 7.20. The van der Waals surface area contributed by atoms with E-state index in [-0.39, 0.29) is 36.6 Å². The van der Waals surface area contributed by atoms with E-state index < -0.39 is 23.4 Å². The van der Waals surface area contributed by atoms with Crippen LogP contribution < -0.4 is 15.6 Å². The van der Waals surface area contributed by atoms with Gasteiger partial charge in [0.15, 0.2) is 0 Å². The lowest BCUT2D eigenvalue weighted by Crippen LogP contribution is -2.28. The van der Waals surface area contributed by atoms with Gasteiger partial charge in [-0.25, -0.2) is 14.6 Å². The number of nitrogens with one attached hydrogen (secondary N) is 1. The molecule has 39 heavy (non-hydrogen) atoms. The molecule has 0 fully saturated rings. The summed E-state index contributed by atoms with van der Waals surface area (Å²) in [6, 6.07) is 9.17. The van der Waals surface area contributed by atoms with Gasteiger partial charge < -0.3 is 19.5 Å². The van der Waals surface area contributed by atoms with Crippen LogP contribution in [0, 0.1) is 20.8 Å². The third-order valence-corrected chi connectivity index (χ3v) is 8.17. The van der Waals surface area contributed by atoms with Crippen molar-refractivity contribution in [2.45, 2.75) is 34.2 Å². The van der Waals surface area contributed by atoms with E-state index in [9.17, 15) is 19.2 Å². The Bertz CT molecular complexity index is 1590. The van der Waals surface area contributed by atoms with E-state index in [1.165, 1.54) is 17.7 Å². The molecule has 4 rings (SSSR count). The molecule has 1 N–H and O–H groups in total. The number of fused-ring (bicyclic) bond motifs is 1. The highest BCUT2D eigenvalue weighted by Crippen LogP contribution is 2.33. The second kappa shape index (κ2) is 12.2. The Morgan fingerprint density at radius 2 is 1.72 bits per heavy atom. The average Bonchev–Trinajstić information content (AvgIpc) is 3.39. The summed E-state index contributed by atoms with van der Waals surface area (Å²) in [5, 5.41) is 3.33. The number of esters is 2. The molecule has 0 bridgehead atoms. The molecule has 3 aromatic heterocycles. The number of hydrogen-bond acceptors (Lipinski definition) is 10. The Kier molecular flexibility index (Phi) is 8.77. The number of carbonyl (C=O) groups is 3. The molecule has 0 aliphatic heterocycles. The molecule has 10 nitrogen and oxygen atoms in total. The molecule has 1 amide bonds. The zero-order chi connectivity index (χ0) is 28.1. The number of anilines is 1. The van der Waals surface area contributed by atoms with Crippen LogP contribution in [0.15, 0.2) is 41.5 Å². The molecule has 3 heterocycles. The Labute approximate surface area is 232 Å². The first kappa shape index (κ1) is 28.0. The minimum absolute atomic E-state index is 0.0364. The summed E-state index contributed by atoms with van der Waals surface area (Å²) in [5.41, 5.74) is 1.01. The Morgan fingerprint density at radius 3 is 2.44 bits per heavy atom. The fourth-order valence-electron chi connectivity index (χ4n) is 3.83. The Balaban J connectivity index is 1.46. The average molecular weight is 570 g/mol. The smallest absolute Gasteiger partial charge is 0.348 e. The molecule has 0 radical (unpaired) electrons. The van der Waals surface area contributed by atoms with Gasteiger partial charge >= 0.3 is 11.9 Å². The van der Waals surface area contributed by atoms with Gasteiger partial charge in [0.25, 0.3) is 5.56 Å². The van der Waals surface area contributed by atoms with Crippen LogP contribution in [0.1, 0.15) is 43.0 Å². The second-order valence-corrected chi connectivity index (χ2v) is 10.7. The van der Waals surface area contributed by atoms with Crippen molar-refractivity contribution in [3.63, 3.8) is 0 Å². The van der Waals surface area contributed by atoms with Crippen LogP contribution in [-0.2, 0) is 20.8 Å². The van der Waals surface area contributed by atoms with E-state index in [0.29, 0.717) is 26.7 Å². The number of amides is 1. The number of aryl methyl sites for hydroxylation is 2. The van der Waals surface area contributed by atoms with Gasteiger partial charge in [-0.15, -0.1) is 22.7 Å². The fourth-order valence-corrected chi connectivity index (χ4v) is 5.93. The highest BCUT2D eigenvalue weighted by atomic mass is 32.1. The van der Waals surface area contributed by atoms with Crippen LogP contribution in [0.3, 0.4) is 0 Å². The molecular weight excluding hydrogens is 542 g/mol. The lowest BCUT2D eigenvalue weighted by atomic mass is 10.1. The van der Waals surface area contributed by atoms with Crippen LogP contribution in [0.5, 0.6) is 5.75 Å². The van der Waals surface area contributed by atoms with Crippen molar-refractivity contribution >= 4 is 55.7 Å². The number of benzene rings is 1. The van der Waals surface area contributed by atoms with E-state index in [0.717, 1.165) is 26.3 Å². The number of para-hydroxylation sites is 1. The number of rotatable bonds is 10. The summed E-state index contributed by atoms with van der Waals surface area (Å²) in [7, 11) is 0. The monoisotopic (exact) mass is 569 g/mol. The Hall–Kier alpha value is -4.03. The molecule has 204 valence electrons. The maximum atomic E-state index is 13.2. The summed E-state index contributed by atoms with van der Waals surface area (Å²) in [6.45, 7) is 7.08. The molecule has 0 aliphatic rings. The minimum Gasteiger partial charge on any atom is -0.490 e. The summed E-state index contributed by atoms with van der Waals surface area (Å²) >= 11 is 2.32. The number of carbonyl (C=O) groups excluding carboxylic acids is 3. The third kappa shape index (κ3) is 6.18. The van der Waals surface area contributed by atoms with Crippen LogP contribution in [0.2, 0.25) is 0 Å². The van der Waals surface area contributed by atoms with Gasteiger partial charge in [0, 0.05) is 4.88 Å². The SMILES string of the molecule is CCOC(=O)c1c(NC(=O)Cn2cnc3sc(C(=O)OCCOc4ccccc4)c(C)c3c2=O)sc(C)c1C. The molecule has 0 spiro atoms. The maximum Gasteiger partial charge on any atom is 0.348 e. The van der Waals surface area contributed by atoms with Crippen LogP contribution in [0.4, 0.5) is 5.00 Å². The molecule has 4 aromatic rings. The van der Waals surface area contributed by atoms with E-state index in [4.69, 9.17) is 14.2 Å². The summed E-state index contributed by atoms with van der Waals surface area (Å²) < 4.78 is 17.2. The number of nitrogens with zero attached hydrogens (tertiary/aromatic N) is 2. The first-order valence-electron chi connectivity index (χ1n) is 12.1. The van der Waals surface area contributed by atoms with Gasteiger partial charge in [0.2, 0.25) is 5.91 Å². The summed E-state index contributed by atoms with van der Waals surface area (Å²) in [6.07, 6.45) is 1.26. The topological polar surface area (TPSA) is 126 Å². The van der Waals surface area contributed by atoms with E-state index in [2.05, 4.69) is 10.3 Å². The van der Waals surface area contributed by atoms with Crippen molar-refractivity contribution in [1.29, 1.82) is 0 Å². The van der Waals surface area contributed by atoms with Gasteiger partial charge in [-0.05, 0) is 51.0 Å². The second-order valence-electron chi connectivity index (χ2n) is 8.47. The van der Waals surface area contributed by atoms with Gasteiger partial charge in [0.05, 0.1) is 23.9 Å². The number of hydrogen-bond donors (Lipinski definition) is 1. The van der Waals surface area contributed by atoms with E-state index in [1.54, 1.807) is 32.9 Å².